The Bertz CT molecular complexity index is 765. The van der Waals surface area contributed by atoms with Crippen LogP contribution in [0.15, 0.2) is 49.4 Å². The summed E-state index contributed by atoms with van der Waals surface area (Å²) in [5, 5.41) is 12.2. The lowest BCUT2D eigenvalue weighted by atomic mass is 10.1. The Morgan fingerprint density at radius 1 is 1.37 bits per heavy atom. The number of nitrogens with zero attached hydrogens (tertiary/aromatic N) is 1. The SMILES string of the molecule is O=c1cc(CSc2nccs2)c2ccc(O)cc2o1. The molecule has 3 rings (SSSR count). The molecule has 0 bridgehead atoms. The smallest absolute Gasteiger partial charge is 0.336 e. The van der Waals surface area contributed by atoms with Crippen molar-refractivity contribution in [2.45, 2.75) is 10.1 Å². The van der Waals surface area contributed by atoms with Crippen molar-refractivity contribution in [2.75, 3.05) is 0 Å². The van der Waals surface area contributed by atoms with Crippen LogP contribution in [0.3, 0.4) is 0 Å². The number of fused-ring (bicyclic) bond motifs is 1. The topological polar surface area (TPSA) is 63.3 Å². The molecule has 1 N–H and O–H groups in total. The van der Waals surface area contributed by atoms with Crippen LogP contribution in [0.1, 0.15) is 5.56 Å². The fraction of sp³-hybridized carbons (Fsp3) is 0.0769. The number of aromatic nitrogens is 1. The molecule has 0 atom stereocenters. The lowest BCUT2D eigenvalue weighted by molar-refractivity contribution is 0.473. The first-order chi connectivity index (χ1) is 9.22. The van der Waals surface area contributed by atoms with E-state index in [4.69, 9.17) is 4.42 Å². The third-order valence-electron chi connectivity index (χ3n) is 2.57. The molecule has 2 aromatic heterocycles. The van der Waals surface area contributed by atoms with Crippen molar-refractivity contribution in [3.05, 3.63) is 51.8 Å². The Kier molecular flexibility index (Phi) is 3.27. The average molecular weight is 291 g/mol. The summed E-state index contributed by atoms with van der Waals surface area (Å²) >= 11 is 3.14. The van der Waals surface area contributed by atoms with Gasteiger partial charge in [0.05, 0.1) is 0 Å². The molecule has 19 heavy (non-hydrogen) atoms. The molecule has 1 aromatic carbocycles. The highest BCUT2D eigenvalue weighted by Crippen LogP contribution is 2.28. The molecule has 0 aliphatic heterocycles. The average Bonchev–Trinajstić information content (AvgIpc) is 2.88. The quantitative estimate of drug-likeness (QED) is 0.593. The van der Waals surface area contributed by atoms with Gasteiger partial charge < -0.3 is 9.52 Å². The molecule has 0 aliphatic carbocycles. The van der Waals surface area contributed by atoms with E-state index in [1.54, 1.807) is 41.4 Å². The van der Waals surface area contributed by atoms with Gasteiger partial charge in [-0.3, -0.25) is 0 Å². The van der Waals surface area contributed by atoms with Gasteiger partial charge in [0.25, 0.3) is 0 Å². The lowest BCUT2D eigenvalue weighted by Crippen LogP contribution is -1.99. The molecule has 0 fully saturated rings. The molecule has 0 saturated carbocycles. The molecular weight excluding hydrogens is 282 g/mol. The van der Waals surface area contributed by atoms with Gasteiger partial charge in [-0.05, 0) is 17.7 Å². The van der Waals surface area contributed by atoms with Gasteiger partial charge in [-0.25, -0.2) is 9.78 Å². The molecule has 0 amide bonds. The van der Waals surface area contributed by atoms with E-state index < -0.39 is 5.63 Å². The van der Waals surface area contributed by atoms with Crippen molar-refractivity contribution in [3.8, 4) is 5.75 Å². The summed E-state index contributed by atoms with van der Waals surface area (Å²) in [4.78, 5) is 15.7. The third kappa shape index (κ3) is 2.64. The zero-order chi connectivity index (χ0) is 13.2. The van der Waals surface area contributed by atoms with Gasteiger partial charge in [0.1, 0.15) is 15.7 Å². The predicted molar refractivity (Wildman–Crippen MR) is 75.8 cm³/mol. The number of phenolic OH excluding ortho intramolecular Hbond substituents is 1. The molecule has 3 aromatic rings. The minimum atomic E-state index is -0.409. The normalized spacial score (nSPS) is 10.9. The van der Waals surface area contributed by atoms with Crippen molar-refractivity contribution in [1.82, 2.24) is 4.98 Å². The summed E-state index contributed by atoms with van der Waals surface area (Å²) in [6.45, 7) is 0. The Hall–Kier alpha value is -1.79. The van der Waals surface area contributed by atoms with E-state index in [1.807, 2.05) is 5.38 Å². The van der Waals surface area contributed by atoms with Crippen LogP contribution in [0.2, 0.25) is 0 Å². The standard InChI is InChI=1S/C13H9NO3S2/c15-9-1-2-10-8(5-12(16)17-11(10)6-9)7-19-13-14-3-4-18-13/h1-6,15H,7H2. The molecule has 4 nitrogen and oxygen atoms in total. The Labute approximate surface area is 116 Å². The summed E-state index contributed by atoms with van der Waals surface area (Å²) < 4.78 is 6.04. The summed E-state index contributed by atoms with van der Waals surface area (Å²) in [6, 6.07) is 6.28. The minimum absolute atomic E-state index is 0.0837. The molecule has 0 radical (unpaired) electrons. The van der Waals surface area contributed by atoms with E-state index in [0.717, 1.165) is 15.3 Å². The van der Waals surface area contributed by atoms with Crippen molar-refractivity contribution in [3.63, 3.8) is 0 Å². The molecule has 96 valence electrons. The number of aromatic hydroxyl groups is 1. The number of thiazole rings is 1. The number of phenols is 1. The van der Waals surface area contributed by atoms with Gasteiger partial charge in [0, 0.05) is 34.8 Å². The molecule has 2 heterocycles. The zero-order valence-electron chi connectivity index (χ0n) is 9.70. The number of hydrogen-bond donors (Lipinski definition) is 1. The highest BCUT2D eigenvalue weighted by atomic mass is 32.2. The Balaban J connectivity index is 2.00. The number of hydrogen-bond acceptors (Lipinski definition) is 6. The van der Waals surface area contributed by atoms with Crippen molar-refractivity contribution < 1.29 is 9.52 Å². The van der Waals surface area contributed by atoms with E-state index in [-0.39, 0.29) is 5.75 Å². The van der Waals surface area contributed by atoms with Gasteiger partial charge >= 0.3 is 5.63 Å². The summed E-state index contributed by atoms with van der Waals surface area (Å²) in [7, 11) is 0. The highest BCUT2D eigenvalue weighted by Gasteiger charge is 2.07. The van der Waals surface area contributed by atoms with E-state index in [1.165, 1.54) is 12.1 Å². The maximum absolute atomic E-state index is 11.5. The van der Waals surface area contributed by atoms with Crippen LogP contribution in [0.5, 0.6) is 5.75 Å². The molecular formula is C13H9NO3S2. The molecule has 0 spiro atoms. The second-order valence-corrected chi connectivity index (χ2v) is 5.97. The first-order valence-corrected chi connectivity index (χ1v) is 7.37. The minimum Gasteiger partial charge on any atom is -0.508 e. The van der Waals surface area contributed by atoms with Crippen LogP contribution < -0.4 is 5.63 Å². The van der Waals surface area contributed by atoms with Gasteiger partial charge in [-0.15, -0.1) is 11.3 Å². The monoisotopic (exact) mass is 291 g/mol. The van der Waals surface area contributed by atoms with Gasteiger partial charge in [0.15, 0.2) is 0 Å². The van der Waals surface area contributed by atoms with E-state index >= 15 is 0 Å². The van der Waals surface area contributed by atoms with Crippen LogP contribution in [0, 0.1) is 0 Å². The largest absolute Gasteiger partial charge is 0.508 e. The summed E-state index contributed by atoms with van der Waals surface area (Å²) in [5.74, 6) is 0.723. The Morgan fingerprint density at radius 2 is 2.26 bits per heavy atom. The predicted octanol–water partition coefficient (Wildman–Crippen LogP) is 3.25. The van der Waals surface area contributed by atoms with Crippen LogP contribution >= 0.6 is 23.1 Å². The second kappa shape index (κ2) is 5.07. The highest BCUT2D eigenvalue weighted by molar-refractivity contribution is 8.00. The third-order valence-corrected chi connectivity index (χ3v) is 4.59. The van der Waals surface area contributed by atoms with Crippen molar-refractivity contribution in [1.29, 1.82) is 0 Å². The van der Waals surface area contributed by atoms with E-state index in [2.05, 4.69) is 4.98 Å². The fourth-order valence-corrected chi connectivity index (χ4v) is 3.39. The van der Waals surface area contributed by atoms with Crippen molar-refractivity contribution >= 4 is 34.1 Å². The molecule has 0 unspecified atom stereocenters. The first kappa shape index (κ1) is 12.3. The maximum Gasteiger partial charge on any atom is 0.336 e. The fourth-order valence-electron chi connectivity index (χ4n) is 1.76. The summed E-state index contributed by atoms with van der Waals surface area (Å²) in [6.07, 6.45) is 1.75. The molecule has 0 aliphatic rings. The zero-order valence-corrected chi connectivity index (χ0v) is 11.3. The van der Waals surface area contributed by atoms with Gasteiger partial charge in [0.2, 0.25) is 0 Å². The van der Waals surface area contributed by atoms with Crippen LogP contribution in [0.4, 0.5) is 0 Å². The van der Waals surface area contributed by atoms with Gasteiger partial charge in [-0.1, -0.05) is 11.8 Å². The Morgan fingerprint density at radius 3 is 3.05 bits per heavy atom. The van der Waals surface area contributed by atoms with Gasteiger partial charge in [-0.2, -0.15) is 0 Å². The lowest BCUT2D eigenvalue weighted by Gasteiger charge is -2.04. The van der Waals surface area contributed by atoms with Crippen LogP contribution in [-0.4, -0.2) is 10.1 Å². The number of rotatable bonds is 3. The second-order valence-electron chi connectivity index (χ2n) is 3.86. The molecule has 0 saturated heterocycles. The maximum atomic E-state index is 11.5. The van der Waals surface area contributed by atoms with Crippen LogP contribution in [0.25, 0.3) is 11.0 Å². The first-order valence-electron chi connectivity index (χ1n) is 5.50. The van der Waals surface area contributed by atoms with E-state index in [9.17, 15) is 9.90 Å². The van der Waals surface area contributed by atoms with Crippen LogP contribution in [-0.2, 0) is 5.75 Å². The van der Waals surface area contributed by atoms with Crippen molar-refractivity contribution in [2.24, 2.45) is 0 Å². The van der Waals surface area contributed by atoms with E-state index in [0.29, 0.717) is 11.3 Å². The molecule has 6 heteroatoms. The summed E-state index contributed by atoms with van der Waals surface area (Å²) in [5.41, 5.74) is 0.876. The number of thioether (sulfide) groups is 1. The number of benzene rings is 1.